The monoisotopic (exact) mass is 346 g/mol. The lowest BCUT2D eigenvalue weighted by molar-refractivity contribution is 0.215. The van der Waals surface area contributed by atoms with Gasteiger partial charge in [-0.15, -0.1) is 0 Å². The lowest BCUT2D eigenvalue weighted by Gasteiger charge is -2.26. The van der Waals surface area contributed by atoms with Gasteiger partial charge in [-0.2, -0.15) is 4.98 Å². The molecule has 136 valence electrons. The van der Waals surface area contributed by atoms with E-state index in [1.165, 1.54) is 12.8 Å². The van der Waals surface area contributed by atoms with E-state index < -0.39 is 0 Å². The molecule has 8 heteroatoms. The molecular formula is C17H26N6O2. The van der Waals surface area contributed by atoms with Gasteiger partial charge in [0.15, 0.2) is 11.8 Å². The van der Waals surface area contributed by atoms with Gasteiger partial charge in [-0.1, -0.05) is 5.16 Å². The van der Waals surface area contributed by atoms with Crippen LogP contribution in [-0.2, 0) is 6.42 Å². The summed E-state index contributed by atoms with van der Waals surface area (Å²) in [6.45, 7) is 5.45. The molecule has 0 aromatic carbocycles. The minimum atomic E-state index is 0.217. The van der Waals surface area contributed by atoms with Crippen LogP contribution in [0, 0.1) is 6.92 Å². The van der Waals surface area contributed by atoms with Crippen LogP contribution < -0.4 is 10.6 Å². The molecule has 0 amide bonds. The number of aliphatic imine (C=N–C) groups is 1. The van der Waals surface area contributed by atoms with Gasteiger partial charge in [-0.05, 0) is 45.0 Å². The fourth-order valence-corrected chi connectivity index (χ4v) is 3.09. The first kappa shape index (κ1) is 17.5. The summed E-state index contributed by atoms with van der Waals surface area (Å²) in [6, 6.07) is 4.20. The molecule has 2 aromatic rings. The van der Waals surface area contributed by atoms with Gasteiger partial charge in [0.1, 0.15) is 5.76 Å². The standard InChI is InChI=1S/C17H26N6O2/c1-13-21-16(25-22-13)7-8-19-17(18-2)20-12-14(15-6-5-11-24-15)23-9-3-4-10-23/h5-6,11,14H,3-4,7-10,12H2,1-2H3,(H2,18,19,20). The summed E-state index contributed by atoms with van der Waals surface area (Å²) < 4.78 is 10.8. The number of aromatic nitrogens is 2. The lowest BCUT2D eigenvalue weighted by Crippen LogP contribution is -2.43. The largest absolute Gasteiger partial charge is 0.468 e. The summed E-state index contributed by atoms with van der Waals surface area (Å²) in [5.41, 5.74) is 0. The smallest absolute Gasteiger partial charge is 0.228 e. The Morgan fingerprint density at radius 2 is 2.20 bits per heavy atom. The van der Waals surface area contributed by atoms with E-state index in [1.807, 2.05) is 19.1 Å². The summed E-state index contributed by atoms with van der Waals surface area (Å²) in [6.07, 6.45) is 4.88. The Labute approximate surface area is 147 Å². The average molecular weight is 346 g/mol. The minimum Gasteiger partial charge on any atom is -0.468 e. The quantitative estimate of drug-likeness (QED) is 0.580. The topological polar surface area (TPSA) is 91.7 Å². The zero-order valence-electron chi connectivity index (χ0n) is 14.9. The zero-order valence-corrected chi connectivity index (χ0v) is 14.9. The second-order valence-corrected chi connectivity index (χ2v) is 6.14. The van der Waals surface area contributed by atoms with Crippen molar-refractivity contribution in [1.29, 1.82) is 0 Å². The van der Waals surface area contributed by atoms with Crippen molar-refractivity contribution >= 4 is 5.96 Å². The number of aryl methyl sites for hydroxylation is 1. The second-order valence-electron chi connectivity index (χ2n) is 6.14. The van der Waals surface area contributed by atoms with Gasteiger partial charge in [-0.3, -0.25) is 9.89 Å². The van der Waals surface area contributed by atoms with Gasteiger partial charge >= 0.3 is 0 Å². The first-order valence-corrected chi connectivity index (χ1v) is 8.77. The van der Waals surface area contributed by atoms with Gasteiger partial charge in [0, 0.05) is 26.6 Å². The number of guanidine groups is 1. The van der Waals surface area contributed by atoms with E-state index in [2.05, 4.69) is 30.7 Å². The molecule has 25 heavy (non-hydrogen) atoms. The maximum atomic E-state index is 5.65. The summed E-state index contributed by atoms with van der Waals surface area (Å²) in [5.74, 6) is 3.04. The number of nitrogens with zero attached hydrogens (tertiary/aromatic N) is 4. The highest BCUT2D eigenvalue weighted by Gasteiger charge is 2.25. The third-order valence-electron chi connectivity index (χ3n) is 4.34. The van der Waals surface area contributed by atoms with Crippen molar-refractivity contribution in [2.24, 2.45) is 4.99 Å². The van der Waals surface area contributed by atoms with E-state index in [1.54, 1.807) is 13.3 Å². The van der Waals surface area contributed by atoms with Crippen LogP contribution in [0.25, 0.3) is 0 Å². The van der Waals surface area contributed by atoms with Crippen LogP contribution in [0.15, 0.2) is 32.3 Å². The number of hydrogen-bond donors (Lipinski definition) is 2. The molecule has 1 aliphatic rings. The zero-order chi connectivity index (χ0) is 17.5. The molecule has 1 atom stereocenters. The van der Waals surface area contributed by atoms with Crippen molar-refractivity contribution in [2.75, 3.05) is 33.2 Å². The molecule has 1 unspecified atom stereocenters. The number of furan rings is 1. The summed E-state index contributed by atoms with van der Waals surface area (Å²) in [7, 11) is 1.77. The van der Waals surface area contributed by atoms with E-state index >= 15 is 0 Å². The predicted octanol–water partition coefficient (Wildman–Crippen LogP) is 1.52. The molecule has 3 rings (SSSR count). The van der Waals surface area contributed by atoms with Crippen molar-refractivity contribution in [3.63, 3.8) is 0 Å². The fraction of sp³-hybridized carbons (Fsp3) is 0.588. The van der Waals surface area contributed by atoms with Gasteiger partial charge in [0.2, 0.25) is 5.89 Å². The summed E-state index contributed by atoms with van der Waals surface area (Å²) in [5, 5.41) is 10.5. The molecule has 1 fully saturated rings. The molecule has 0 aliphatic carbocycles. The Morgan fingerprint density at radius 1 is 1.36 bits per heavy atom. The molecule has 1 saturated heterocycles. The molecule has 0 radical (unpaired) electrons. The molecule has 2 N–H and O–H groups in total. The Balaban J connectivity index is 1.50. The van der Waals surface area contributed by atoms with Crippen molar-refractivity contribution < 1.29 is 8.94 Å². The second kappa shape index (κ2) is 8.66. The van der Waals surface area contributed by atoms with E-state index in [0.29, 0.717) is 24.7 Å². The number of hydrogen-bond acceptors (Lipinski definition) is 6. The fourth-order valence-electron chi connectivity index (χ4n) is 3.09. The van der Waals surface area contributed by atoms with Crippen molar-refractivity contribution in [3.8, 4) is 0 Å². The maximum Gasteiger partial charge on any atom is 0.228 e. The Kier molecular flexibility index (Phi) is 6.05. The molecular weight excluding hydrogens is 320 g/mol. The molecule has 3 heterocycles. The van der Waals surface area contributed by atoms with Crippen LogP contribution in [0.5, 0.6) is 0 Å². The van der Waals surface area contributed by atoms with Crippen molar-refractivity contribution in [1.82, 2.24) is 25.7 Å². The third kappa shape index (κ3) is 4.82. The Morgan fingerprint density at radius 3 is 2.84 bits per heavy atom. The van der Waals surface area contributed by atoms with Crippen LogP contribution in [0.3, 0.4) is 0 Å². The third-order valence-corrected chi connectivity index (χ3v) is 4.34. The first-order valence-electron chi connectivity index (χ1n) is 8.77. The average Bonchev–Trinajstić information content (AvgIpc) is 3.37. The van der Waals surface area contributed by atoms with Crippen molar-refractivity contribution in [2.45, 2.75) is 32.2 Å². The SMILES string of the molecule is CN=C(NCCc1nc(C)no1)NCC(c1ccco1)N1CCCC1. The van der Waals surface area contributed by atoms with E-state index in [0.717, 1.165) is 31.4 Å². The van der Waals surface area contributed by atoms with Crippen LogP contribution in [-0.4, -0.2) is 54.2 Å². The molecule has 2 aromatic heterocycles. The highest BCUT2D eigenvalue weighted by Crippen LogP contribution is 2.24. The maximum absolute atomic E-state index is 5.65. The van der Waals surface area contributed by atoms with Gasteiger partial charge in [0.05, 0.1) is 12.3 Å². The van der Waals surface area contributed by atoms with Crippen LogP contribution in [0.1, 0.15) is 36.4 Å². The number of likely N-dealkylation sites (tertiary alicyclic amines) is 1. The van der Waals surface area contributed by atoms with E-state index in [9.17, 15) is 0 Å². The summed E-state index contributed by atoms with van der Waals surface area (Å²) in [4.78, 5) is 10.9. The molecule has 8 nitrogen and oxygen atoms in total. The van der Waals surface area contributed by atoms with E-state index in [-0.39, 0.29) is 6.04 Å². The number of nitrogens with one attached hydrogen (secondary N) is 2. The first-order chi connectivity index (χ1) is 12.3. The van der Waals surface area contributed by atoms with Gasteiger partial charge in [-0.25, -0.2) is 0 Å². The van der Waals surface area contributed by atoms with E-state index in [4.69, 9.17) is 8.94 Å². The summed E-state index contributed by atoms with van der Waals surface area (Å²) >= 11 is 0. The van der Waals surface area contributed by atoms with Gasteiger partial charge < -0.3 is 19.6 Å². The Hall–Kier alpha value is -2.35. The van der Waals surface area contributed by atoms with Crippen LogP contribution in [0.4, 0.5) is 0 Å². The van der Waals surface area contributed by atoms with Gasteiger partial charge in [0.25, 0.3) is 0 Å². The molecule has 1 aliphatic heterocycles. The molecule has 0 bridgehead atoms. The predicted molar refractivity (Wildman–Crippen MR) is 94.4 cm³/mol. The minimum absolute atomic E-state index is 0.217. The Bertz CT molecular complexity index is 660. The highest BCUT2D eigenvalue weighted by molar-refractivity contribution is 5.79. The molecule has 0 saturated carbocycles. The van der Waals surface area contributed by atoms with Crippen LogP contribution in [0.2, 0.25) is 0 Å². The van der Waals surface area contributed by atoms with Crippen molar-refractivity contribution in [3.05, 3.63) is 35.9 Å². The van der Waals surface area contributed by atoms with Crippen LogP contribution >= 0.6 is 0 Å². The lowest BCUT2D eigenvalue weighted by atomic mass is 10.2. The molecule has 0 spiro atoms. The normalized spacial score (nSPS) is 17.0. The highest BCUT2D eigenvalue weighted by atomic mass is 16.5. The number of rotatable bonds is 7.